The normalized spacial score (nSPS) is 11.7. The highest BCUT2D eigenvalue weighted by Crippen LogP contribution is 2.29. The third-order valence-corrected chi connectivity index (χ3v) is 4.10. The number of halogens is 2. The van der Waals surface area contributed by atoms with E-state index >= 15 is 0 Å². The van der Waals surface area contributed by atoms with Crippen molar-refractivity contribution in [1.82, 2.24) is 0 Å². The van der Waals surface area contributed by atoms with Crippen LogP contribution in [0.1, 0.15) is 0 Å². The van der Waals surface area contributed by atoms with Crippen LogP contribution in [0.25, 0.3) is 0 Å². The standard InChI is InChI=1S/C9H11F2NO2S2/c1-16(13,14)5-4-15-9-7(12)3-2-6(10)8(9)11/h2-3H,4-5,12H2,1H3. The highest BCUT2D eigenvalue weighted by atomic mass is 32.2. The van der Waals surface area contributed by atoms with Gasteiger partial charge in [0.15, 0.2) is 11.6 Å². The number of hydrogen-bond acceptors (Lipinski definition) is 4. The molecule has 0 bridgehead atoms. The zero-order valence-corrected chi connectivity index (χ0v) is 10.2. The maximum Gasteiger partial charge on any atom is 0.174 e. The first kappa shape index (κ1) is 13.2. The van der Waals surface area contributed by atoms with Gasteiger partial charge in [-0.2, -0.15) is 0 Å². The van der Waals surface area contributed by atoms with Crippen molar-refractivity contribution in [2.75, 3.05) is 23.5 Å². The van der Waals surface area contributed by atoms with Gasteiger partial charge in [0, 0.05) is 17.7 Å². The van der Waals surface area contributed by atoms with Gasteiger partial charge in [0.25, 0.3) is 0 Å². The fraction of sp³-hybridized carbons (Fsp3) is 0.333. The minimum Gasteiger partial charge on any atom is -0.398 e. The van der Waals surface area contributed by atoms with Gasteiger partial charge in [0.05, 0.1) is 10.6 Å². The van der Waals surface area contributed by atoms with Crippen LogP contribution in [0.5, 0.6) is 0 Å². The summed E-state index contributed by atoms with van der Waals surface area (Å²) in [4.78, 5) is -0.0383. The fourth-order valence-electron chi connectivity index (χ4n) is 0.989. The Balaban J connectivity index is 2.78. The smallest absolute Gasteiger partial charge is 0.174 e. The van der Waals surface area contributed by atoms with Gasteiger partial charge in [-0.25, -0.2) is 17.2 Å². The van der Waals surface area contributed by atoms with Gasteiger partial charge in [-0.05, 0) is 12.1 Å². The topological polar surface area (TPSA) is 60.2 Å². The van der Waals surface area contributed by atoms with Gasteiger partial charge in [0.1, 0.15) is 9.84 Å². The molecule has 0 aliphatic heterocycles. The number of nitrogen functional groups attached to an aromatic ring is 1. The van der Waals surface area contributed by atoms with E-state index in [9.17, 15) is 17.2 Å². The van der Waals surface area contributed by atoms with E-state index in [-0.39, 0.29) is 22.1 Å². The van der Waals surface area contributed by atoms with E-state index in [1.54, 1.807) is 0 Å². The summed E-state index contributed by atoms with van der Waals surface area (Å²) in [5.74, 6) is -1.98. The maximum absolute atomic E-state index is 13.3. The summed E-state index contributed by atoms with van der Waals surface area (Å²) in [7, 11) is -3.11. The lowest BCUT2D eigenvalue weighted by Crippen LogP contribution is -2.06. The predicted octanol–water partition coefficient (Wildman–Crippen LogP) is 1.68. The van der Waals surface area contributed by atoms with Crippen molar-refractivity contribution >= 4 is 27.3 Å². The first-order valence-corrected chi connectivity index (χ1v) is 7.40. The molecular weight excluding hydrogens is 256 g/mol. The van der Waals surface area contributed by atoms with Crippen LogP contribution in [0.4, 0.5) is 14.5 Å². The SMILES string of the molecule is CS(=O)(=O)CCSc1c(N)ccc(F)c1F. The van der Waals surface area contributed by atoms with Crippen LogP contribution in [-0.2, 0) is 9.84 Å². The summed E-state index contributed by atoms with van der Waals surface area (Å²) in [6, 6.07) is 2.19. The van der Waals surface area contributed by atoms with Crippen LogP contribution < -0.4 is 5.73 Å². The molecule has 0 spiro atoms. The fourth-order valence-corrected chi connectivity index (χ4v) is 3.20. The average Bonchev–Trinajstić information content (AvgIpc) is 2.16. The highest BCUT2D eigenvalue weighted by Gasteiger charge is 2.13. The summed E-state index contributed by atoms with van der Waals surface area (Å²) in [5, 5.41) is 0. The summed E-state index contributed by atoms with van der Waals surface area (Å²) in [6.45, 7) is 0. The van der Waals surface area contributed by atoms with Crippen LogP contribution in [-0.4, -0.2) is 26.2 Å². The maximum atomic E-state index is 13.3. The number of thioether (sulfide) groups is 1. The van der Waals surface area contributed by atoms with Gasteiger partial charge in [-0.3, -0.25) is 0 Å². The molecule has 0 saturated carbocycles. The molecule has 7 heteroatoms. The lowest BCUT2D eigenvalue weighted by atomic mass is 10.3. The zero-order valence-electron chi connectivity index (χ0n) is 8.54. The molecule has 0 aromatic heterocycles. The largest absolute Gasteiger partial charge is 0.398 e. The molecule has 3 nitrogen and oxygen atoms in total. The average molecular weight is 267 g/mol. The van der Waals surface area contributed by atoms with Gasteiger partial charge in [-0.1, -0.05) is 0 Å². The molecule has 0 unspecified atom stereocenters. The van der Waals surface area contributed by atoms with Crippen molar-refractivity contribution in [3.05, 3.63) is 23.8 Å². The number of nitrogens with two attached hydrogens (primary N) is 1. The number of anilines is 1. The van der Waals surface area contributed by atoms with Crippen molar-refractivity contribution in [3.63, 3.8) is 0 Å². The number of benzene rings is 1. The second-order valence-electron chi connectivity index (χ2n) is 3.26. The number of hydrogen-bond donors (Lipinski definition) is 1. The molecular formula is C9H11F2NO2S2. The van der Waals surface area contributed by atoms with Crippen LogP contribution in [0, 0.1) is 11.6 Å². The van der Waals surface area contributed by atoms with Gasteiger partial charge < -0.3 is 5.73 Å². The second kappa shape index (κ2) is 5.01. The minimum absolute atomic E-state index is 0.0383. The Hall–Kier alpha value is -0.820. The molecule has 0 aliphatic rings. The van der Waals surface area contributed by atoms with Crippen molar-refractivity contribution in [2.24, 2.45) is 0 Å². The van der Waals surface area contributed by atoms with Crippen LogP contribution in [0.15, 0.2) is 17.0 Å². The molecule has 0 fully saturated rings. The van der Waals surface area contributed by atoms with E-state index in [2.05, 4.69) is 0 Å². The molecule has 0 atom stereocenters. The molecule has 16 heavy (non-hydrogen) atoms. The first-order chi connectivity index (χ1) is 7.31. The zero-order chi connectivity index (χ0) is 12.3. The molecule has 2 N–H and O–H groups in total. The Kier molecular flexibility index (Phi) is 4.15. The molecule has 0 saturated heterocycles. The third-order valence-electron chi connectivity index (χ3n) is 1.78. The molecule has 0 heterocycles. The van der Waals surface area contributed by atoms with Crippen molar-refractivity contribution in [2.45, 2.75) is 4.90 Å². The van der Waals surface area contributed by atoms with Crippen LogP contribution in [0.3, 0.4) is 0 Å². The summed E-state index contributed by atoms with van der Waals surface area (Å²) >= 11 is 0.896. The van der Waals surface area contributed by atoms with Crippen LogP contribution >= 0.6 is 11.8 Å². The quantitative estimate of drug-likeness (QED) is 0.666. The van der Waals surface area contributed by atoms with E-state index in [1.165, 1.54) is 6.07 Å². The second-order valence-corrected chi connectivity index (χ2v) is 6.62. The molecule has 1 aromatic rings. The first-order valence-electron chi connectivity index (χ1n) is 4.35. The molecule has 0 amide bonds. The van der Waals surface area contributed by atoms with Crippen LogP contribution in [0.2, 0.25) is 0 Å². The van der Waals surface area contributed by atoms with Crippen molar-refractivity contribution < 1.29 is 17.2 Å². The number of rotatable bonds is 4. The van der Waals surface area contributed by atoms with Gasteiger partial charge in [0.2, 0.25) is 0 Å². The van der Waals surface area contributed by atoms with E-state index in [1.807, 2.05) is 0 Å². The highest BCUT2D eigenvalue weighted by molar-refractivity contribution is 8.00. The Morgan fingerprint density at radius 1 is 1.38 bits per heavy atom. The van der Waals surface area contributed by atoms with E-state index in [0.717, 1.165) is 24.1 Å². The molecule has 0 radical (unpaired) electrons. The van der Waals surface area contributed by atoms with E-state index < -0.39 is 21.5 Å². The van der Waals surface area contributed by atoms with Gasteiger partial charge >= 0.3 is 0 Å². The monoisotopic (exact) mass is 267 g/mol. The predicted molar refractivity (Wildman–Crippen MR) is 61.2 cm³/mol. The summed E-state index contributed by atoms with van der Waals surface area (Å²) < 4.78 is 47.8. The Bertz CT molecular complexity index is 489. The Morgan fingerprint density at radius 2 is 2.00 bits per heavy atom. The Morgan fingerprint density at radius 3 is 2.56 bits per heavy atom. The molecule has 1 aromatic carbocycles. The number of sulfone groups is 1. The van der Waals surface area contributed by atoms with E-state index in [0.29, 0.717) is 0 Å². The van der Waals surface area contributed by atoms with E-state index in [4.69, 9.17) is 5.73 Å². The Labute approximate surface area is 96.9 Å². The van der Waals surface area contributed by atoms with Crippen molar-refractivity contribution in [1.29, 1.82) is 0 Å². The lowest BCUT2D eigenvalue weighted by Gasteiger charge is -2.06. The third kappa shape index (κ3) is 3.64. The summed E-state index contributed by atoms with van der Waals surface area (Å²) in [5.41, 5.74) is 5.57. The minimum atomic E-state index is -3.11. The van der Waals surface area contributed by atoms with Gasteiger partial charge in [-0.15, -0.1) is 11.8 Å². The summed E-state index contributed by atoms with van der Waals surface area (Å²) in [6.07, 6.45) is 1.08. The molecule has 1 rings (SSSR count). The molecule has 0 aliphatic carbocycles. The lowest BCUT2D eigenvalue weighted by molar-refractivity contribution is 0.492. The van der Waals surface area contributed by atoms with Crippen molar-refractivity contribution in [3.8, 4) is 0 Å². The molecule has 90 valence electrons.